The van der Waals surface area contributed by atoms with Gasteiger partial charge in [-0.3, -0.25) is 9.59 Å². The van der Waals surface area contributed by atoms with Gasteiger partial charge in [0.1, 0.15) is 0 Å². The van der Waals surface area contributed by atoms with E-state index in [1.54, 1.807) is 0 Å². The minimum atomic E-state index is 0.131. The van der Waals surface area contributed by atoms with Crippen molar-refractivity contribution in [3.05, 3.63) is 29.3 Å². The van der Waals surface area contributed by atoms with Crippen molar-refractivity contribution in [1.82, 2.24) is 9.80 Å². The molecule has 0 bridgehead atoms. The minimum Gasteiger partial charge on any atom is -0.376 e. The number of carbonyl (C=O) groups excluding carboxylic acids is 2. The lowest BCUT2D eigenvalue weighted by molar-refractivity contribution is -0.139. The Hall–Kier alpha value is -2.04. The maximum atomic E-state index is 12.5. The number of carbonyl (C=O) groups is 2. The highest BCUT2D eigenvalue weighted by Crippen LogP contribution is 2.31. The van der Waals surface area contributed by atoms with Crippen LogP contribution in [0.5, 0.6) is 0 Å². The molecule has 5 nitrogen and oxygen atoms in total. The van der Waals surface area contributed by atoms with Crippen LogP contribution in [0.3, 0.4) is 0 Å². The van der Waals surface area contributed by atoms with E-state index >= 15 is 0 Å². The van der Waals surface area contributed by atoms with E-state index in [1.165, 1.54) is 24.0 Å². The molecule has 134 valence electrons. The lowest BCUT2D eigenvalue weighted by Gasteiger charge is -2.35. The molecule has 1 aromatic carbocycles. The second-order valence-corrected chi connectivity index (χ2v) is 7.48. The molecule has 5 heteroatoms. The summed E-state index contributed by atoms with van der Waals surface area (Å²) >= 11 is 0. The molecular weight excluding hydrogens is 314 g/mol. The minimum absolute atomic E-state index is 0.131. The fourth-order valence-corrected chi connectivity index (χ4v) is 3.99. The molecule has 1 N–H and O–H groups in total. The number of rotatable bonds is 4. The lowest BCUT2D eigenvalue weighted by atomic mass is 9.90. The van der Waals surface area contributed by atoms with Gasteiger partial charge in [0.05, 0.1) is 6.54 Å². The highest BCUT2D eigenvalue weighted by atomic mass is 16.2. The first-order valence-electron chi connectivity index (χ1n) is 9.63. The highest BCUT2D eigenvalue weighted by molar-refractivity contribution is 5.83. The first kappa shape index (κ1) is 16.4. The van der Waals surface area contributed by atoms with Crippen LogP contribution in [0.1, 0.15) is 36.8 Å². The molecule has 2 fully saturated rings. The topological polar surface area (TPSA) is 52.7 Å². The van der Waals surface area contributed by atoms with Gasteiger partial charge in [-0.15, -0.1) is 0 Å². The van der Waals surface area contributed by atoms with E-state index in [2.05, 4.69) is 23.5 Å². The summed E-state index contributed by atoms with van der Waals surface area (Å²) in [7, 11) is 0. The first-order chi connectivity index (χ1) is 12.2. The maximum absolute atomic E-state index is 12.5. The third-order valence-corrected chi connectivity index (χ3v) is 5.70. The highest BCUT2D eigenvalue weighted by Gasteiger charge is 2.35. The molecule has 25 heavy (non-hydrogen) atoms. The van der Waals surface area contributed by atoms with E-state index in [0.29, 0.717) is 38.6 Å². The molecule has 2 amide bonds. The first-order valence-corrected chi connectivity index (χ1v) is 9.63. The summed E-state index contributed by atoms with van der Waals surface area (Å²) in [5, 5.41) is 3.36. The Morgan fingerprint density at radius 2 is 1.72 bits per heavy atom. The van der Waals surface area contributed by atoms with E-state index in [4.69, 9.17) is 0 Å². The molecule has 1 aliphatic heterocycles. The van der Waals surface area contributed by atoms with Gasteiger partial charge < -0.3 is 15.1 Å². The molecule has 4 rings (SSSR count). The van der Waals surface area contributed by atoms with E-state index in [-0.39, 0.29) is 11.8 Å². The van der Waals surface area contributed by atoms with E-state index < -0.39 is 0 Å². The molecule has 1 heterocycles. The van der Waals surface area contributed by atoms with Crippen molar-refractivity contribution in [2.45, 2.75) is 38.5 Å². The van der Waals surface area contributed by atoms with Crippen molar-refractivity contribution >= 4 is 17.5 Å². The fraction of sp³-hybridized carbons (Fsp3) is 0.600. The zero-order valence-electron chi connectivity index (χ0n) is 14.8. The van der Waals surface area contributed by atoms with Crippen molar-refractivity contribution in [2.75, 3.05) is 38.0 Å². The summed E-state index contributed by atoms with van der Waals surface area (Å²) in [6.45, 7) is 3.02. The van der Waals surface area contributed by atoms with Gasteiger partial charge >= 0.3 is 0 Å². The average Bonchev–Trinajstić information content (AvgIpc) is 3.51. The summed E-state index contributed by atoms with van der Waals surface area (Å²) in [5.41, 5.74) is 3.94. The van der Waals surface area contributed by atoms with Crippen LogP contribution < -0.4 is 5.32 Å². The normalized spacial score (nSPS) is 20.2. The average molecular weight is 341 g/mol. The molecule has 1 saturated carbocycles. The molecule has 0 atom stereocenters. The number of nitrogens with zero attached hydrogens (tertiary/aromatic N) is 2. The second-order valence-electron chi connectivity index (χ2n) is 7.48. The molecule has 3 aliphatic rings. The Morgan fingerprint density at radius 1 is 1.00 bits per heavy atom. The van der Waals surface area contributed by atoms with Crippen LogP contribution in [-0.2, 0) is 22.4 Å². The Labute approximate surface area is 149 Å². The van der Waals surface area contributed by atoms with Gasteiger partial charge in [-0.2, -0.15) is 0 Å². The summed E-state index contributed by atoms with van der Waals surface area (Å²) in [6.07, 6.45) is 6.84. The van der Waals surface area contributed by atoms with Crippen LogP contribution in [0.25, 0.3) is 0 Å². The number of benzene rings is 1. The van der Waals surface area contributed by atoms with E-state index in [1.807, 2.05) is 9.80 Å². The zero-order chi connectivity index (χ0) is 17.2. The van der Waals surface area contributed by atoms with E-state index in [9.17, 15) is 9.59 Å². The summed E-state index contributed by atoms with van der Waals surface area (Å²) < 4.78 is 0. The van der Waals surface area contributed by atoms with E-state index in [0.717, 1.165) is 31.4 Å². The molecule has 0 spiro atoms. The van der Waals surface area contributed by atoms with Crippen molar-refractivity contribution < 1.29 is 9.59 Å². The van der Waals surface area contributed by atoms with Gasteiger partial charge in [-0.25, -0.2) is 0 Å². The number of hydrogen-bond acceptors (Lipinski definition) is 3. The van der Waals surface area contributed by atoms with Crippen LogP contribution >= 0.6 is 0 Å². The molecule has 2 aliphatic carbocycles. The number of nitrogens with one attached hydrogen (secondary N) is 1. The predicted molar refractivity (Wildman–Crippen MR) is 97.5 cm³/mol. The third-order valence-electron chi connectivity index (χ3n) is 5.70. The quantitative estimate of drug-likeness (QED) is 0.912. The zero-order valence-corrected chi connectivity index (χ0v) is 14.8. The number of anilines is 1. The van der Waals surface area contributed by atoms with Crippen molar-refractivity contribution in [3.63, 3.8) is 0 Å². The molecule has 1 aromatic rings. The molecule has 0 unspecified atom stereocenters. The Balaban J connectivity index is 1.29. The van der Waals surface area contributed by atoms with Crippen molar-refractivity contribution in [1.29, 1.82) is 0 Å². The molecule has 1 saturated heterocycles. The third kappa shape index (κ3) is 3.65. The fourth-order valence-electron chi connectivity index (χ4n) is 3.99. The Kier molecular flexibility index (Phi) is 4.64. The predicted octanol–water partition coefficient (Wildman–Crippen LogP) is 2.06. The van der Waals surface area contributed by atoms with Gasteiger partial charge in [-0.1, -0.05) is 12.1 Å². The largest absolute Gasteiger partial charge is 0.376 e. The van der Waals surface area contributed by atoms with Crippen LogP contribution in [0.4, 0.5) is 5.69 Å². The smallest absolute Gasteiger partial charge is 0.241 e. The van der Waals surface area contributed by atoms with Gasteiger partial charge in [-0.05, 0) is 55.7 Å². The molecule has 0 aromatic heterocycles. The monoisotopic (exact) mass is 341 g/mol. The SMILES string of the molecule is O=C(CNc1cccc2c1CCCC2)N1CCN(C(=O)C2CC2)CC1. The summed E-state index contributed by atoms with van der Waals surface area (Å²) in [5.74, 6) is 0.696. The van der Waals surface area contributed by atoms with Gasteiger partial charge in [0.25, 0.3) is 0 Å². The number of amides is 2. The van der Waals surface area contributed by atoms with Crippen molar-refractivity contribution in [2.24, 2.45) is 5.92 Å². The summed E-state index contributed by atoms with van der Waals surface area (Å²) in [6, 6.07) is 6.38. The van der Waals surface area contributed by atoms with Gasteiger partial charge in [0.15, 0.2) is 0 Å². The van der Waals surface area contributed by atoms with Crippen LogP contribution in [0, 0.1) is 5.92 Å². The van der Waals surface area contributed by atoms with Crippen LogP contribution in [0.2, 0.25) is 0 Å². The number of hydrogen-bond donors (Lipinski definition) is 1. The van der Waals surface area contributed by atoms with Gasteiger partial charge in [0.2, 0.25) is 11.8 Å². The van der Waals surface area contributed by atoms with Crippen LogP contribution in [0.15, 0.2) is 18.2 Å². The molecule has 0 radical (unpaired) electrons. The second kappa shape index (κ2) is 7.06. The Morgan fingerprint density at radius 3 is 2.48 bits per heavy atom. The maximum Gasteiger partial charge on any atom is 0.241 e. The van der Waals surface area contributed by atoms with Crippen LogP contribution in [-0.4, -0.2) is 54.3 Å². The standard InChI is InChI=1S/C20H27N3O2/c24-19(22-10-12-23(13-11-22)20(25)16-8-9-16)14-21-18-7-3-5-15-4-1-2-6-17(15)18/h3,5,7,16,21H,1-2,4,6,8-14H2. The van der Waals surface area contributed by atoms with Crippen molar-refractivity contribution in [3.8, 4) is 0 Å². The number of fused-ring (bicyclic) bond motifs is 1. The lowest BCUT2D eigenvalue weighted by Crippen LogP contribution is -2.52. The number of aryl methyl sites for hydroxylation is 1. The molecular formula is C20H27N3O2. The summed E-state index contributed by atoms with van der Waals surface area (Å²) in [4.78, 5) is 28.4. The Bertz CT molecular complexity index is 661. The number of piperazine rings is 1. The van der Waals surface area contributed by atoms with Gasteiger partial charge in [0, 0.05) is 37.8 Å².